The van der Waals surface area contributed by atoms with Crippen molar-refractivity contribution in [3.8, 4) is 0 Å². The number of rotatable bonds is 5. The lowest BCUT2D eigenvalue weighted by atomic mass is 10.1. The van der Waals surface area contributed by atoms with Crippen LogP contribution in [0.2, 0.25) is 0 Å². The quantitative estimate of drug-likeness (QED) is 0.369. The lowest BCUT2D eigenvalue weighted by Gasteiger charge is -2.07. The number of carbonyl (C=O) groups is 1. The van der Waals surface area contributed by atoms with Gasteiger partial charge >= 0.3 is 0 Å². The molecule has 0 spiro atoms. The van der Waals surface area contributed by atoms with Gasteiger partial charge in [0.15, 0.2) is 5.13 Å². The van der Waals surface area contributed by atoms with Crippen LogP contribution in [0.15, 0.2) is 77.4 Å². The molecule has 2 aromatic carbocycles. The second kappa shape index (κ2) is 9.73. The Morgan fingerprint density at radius 3 is 2.70 bits per heavy atom. The highest BCUT2D eigenvalue weighted by Crippen LogP contribution is 2.30. The highest BCUT2D eigenvalue weighted by Gasteiger charge is 2.29. The van der Waals surface area contributed by atoms with Crippen LogP contribution >= 0.6 is 23.3 Å². The minimum atomic E-state index is 0.149. The summed E-state index contributed by atoms with van der Waals surface area (Å²) in [6, 6.07) is 16.1. The van der Waals surface area contributed by atoms with Gasteiger partial charge in [-0.3, -0.25) is 9.78 Å². The Balaban J connectivity index is 0.000000151. The predicted molar refractivity (Wildman–Crippen MR) is 126 cm³/mol. The maximum atomic E-state index is 11.7. The van der Waals surface area contributed by atoms with Crippen LogP contribution in [0.4, 0.5) is 10.8 Å². The maximum absolute atomic E-state index is 11.7. The van der Waals surface area contributed by atoms with Crippen LogP contribution in [-0.2, 0) is 4.79 Å². The molecule has 2 aromatic heterocycles. The van der Waals surface area contributed by atoms with E-state index in [1.165, 1.54) is 4.90 Å². The summed E-state index contributed by atoms with van der Waals surface area (Å²) in [7, 11) is 0. The fraction of sp³-hybridized carbons (Fsp3) is 0.174. The minimum absolute atomic E-state index is 0.149. The number of carbonyl (C=O) groups excluding carboxylic acids is 1. The average Bonchev–Trinajstić information content (AvgIpc) is 3.50. The van der Waals surface area contributed by atoms with E-state index in [-0.39, 0.29) is 11.8 Å². The number of fused-ring (bicyclic) bond motifs is 1. The van der Waals surface area contributed by atoms with E-state index in [4.69, 9.17) is 0 Å². The minimum Gasteiger partial charge on any atom is -0.326 e. The Kier molecular flexibility index (Phi) is 6.61. The van der Waals surface area contributed by atoms with Gasteiger partial charge in [0.1, 0.15) is 0 Å². The van der Waals surface area contributed by atoms with Crippen molar-refractivity contribution in [2.24, 2.45) is 5.92 Å². The second-order valence-corrected chi connectivity index (χ2v) is 8.78. The summed E-state index contributed by atoms with van der Waals surface area (Å²) < 4.78 is 3.16. The largest absolute Gasteiger partial charge is 0.326 e. The number of nitrogens with zero attached hydrogens (tertiary/aromatic N) is 2. The highest BCUT2D eigenvalue weighted by atomic mass is 32.2. The molecule has 1 amide bonds. The van der Waals surface area contributed by atoms with E-state index in [0.717, 1.165) is 40.0 Å². The first-order valence-electron chi connectivity index (χ1n) is 9.71. The normalized spacial score (nSPS) is 12.7. The highest BCUT2D eigenvalue weighted by molar-refractivity contribution is 8.00. The monoisotopic (exact) mass is 434 g/mol. The van der Waals surface area contributed by atoms with Crippen LogP contribution in [-0.4, -0.2) is 15.9 Å². The number of nitrogens with one attached hydrogen (secondary N) is 2. The first-order valence-corrected chi connectivity index (χ1v) is 11.4. The van der Waals surface area contributed by atoms with Crippen molar-refractivity contribution in [3.05, 3.63) is 78.1 Å². The van der Waals surface area contributed by atoms with Crippen LogP contribution in [0.25, 0.3) is 10.8 Å². The van der Waals surface area contributed by atoms with E-state index in [9.17, 15) is 4.79 Å². The van der Waals surface area contributed by atoms with E-state index < -0.39 is 0 Å². The Morgan fingerprint density at radius 2 is 1.97 bits per heavy atom. The van der Waals surface area contributed by atoms with Crippen LogP contribution < -0.4 is 10.0 Å². The predicted octanol–water partition coefficient (Wildman–Crippen LogP) is 6.15. The number of pyridine rings is 1. The molecule has 7 heteroatoms. The number of anilines is 2. The Labute approximate surface area is 184 Å². The summed E-state index contributed by atoms with van der Waals surface area (Å²) in [5, 5.41) is 8.11. The van der Waals surface area contributed by atoms with Crippen molar-refractivity contribution in [2.75, 3.05) is 10.0 Å². The molecule has 2 heterocycles. The number of thiazole rings is 1. The number of benzene rings is 2. The fourth-order valence-electron chi connectivity index (χ4n) is 2.84. The Morgan fingerprint density at radius 1 is 1.13 bits per heavy atom. The van der Waals surface area contributed by atoms with Gasteiger partial charge in [0.25, 0.3) is 0 Å². The molecule has 152 valence electrons. The summed E-state index contributed by atoms with van der Waals surface area (Å²) in [5.41, 5.74) is 2.01. The Hall–Kier alpha value is -2.90. The van der Waals surface area contributed by atoms with Gasteiger partial charge in [-0.2, -0.15) is 0 Å². The molecule has 0 atom stereocenters. The molecule has 0 unspecified atom stereocenters. The van der Waals surface area contributed by atoms with E-state index in [2.05, 4.69) is 32.1 Å². The third kappa shape index (κ3) is 5.58. The summed E-state index contributed by atoms with van der Waals surface area (Å²) in [6.45, 7) is 2.03. The molecule has 1 fully saturated rings. The van der Waals surface area contributed by atoms with Gasteiger partial charge in [-0.15, -0.1) is 11.3 Å². The van der Waals surface area contributed by atoms with Crippen molar-refractivity contribution in [1.29, 1.82) is 0 Å². The van der Waals surface area contributed by atoms with E-state index >= 15 is 0 Å². The summed E-state index contributed by atoms with van der Waals surface area (Å²) in [6.07, 6.45) is 7.53. The van der Waals surface area contributed by atoms with Crippen molar-refractivity contribution < 1.29 is 4.79 Å². The molecule has 0 radical (unpaired) electrons. The summed E-state index contributed by atoms with van der Waals surface area (Å²) >= 11 is 3.18. The zero-order chi connectivity index (χ0) is 20.8. The zero-order valence-electron chi connectivity index (χ0n) is 16.5. The molecular weight excluding hydrogens is 412 g/mol. The SMILES string of the molecule is Cc1cncc2ccc(NC(=O)C3CC3)cc12.c1ccc(SNc2nccs2)cc1. The lowest BCUT2D eigenvalue weighted by molar-refractivity contribution is -0.117. The van der Waals surface area contributed by atoms with Gasteiger partial charge in [-0.05, 0) is 66.9 Å². The van der Waals surface area contributed by atoms with Crippen LogP contribution in [0.1, 0.15) is 18.4 Å². The second-order valence-electron chi connectivity index (χ2n) is 7.01. The van der Waals surface area contributed by atoms with Crippen LogP contribution in [0.5, 0.6) is 0 Å². The van der Waals surface area contributed by atoms with Gasteiger partial charge < -0.3 is 10.0 Å². The van der Waals surface area contributed by atoms with E-state index in [1.54, 1.807) is 29.5 Å². The van der Waals surface area contributed by atoms with Gasteiger partial charge in [-0.1, -0.05) is 24.3 Å². The molecule has 0 aliphatic heterocycles. The van der Waals surface area contributed by atoms with Crippen molar-refractivity contribution in [1.82, 2.24) is 9.97 Å². The molecule has 1 aliphatic rings. The number of hydrogen-bond acceptors (Lipinski definition) is 6. The molecule has 0 bridgehead atoms. The standard InChI is InChI=1S/C14H14N2O.C9H8N2S2/c1-9-7-15-8-11-4-5-12(6-13(9)11)16-14(17)10-2-3-10;1-2-4-8(5-3-1)13-11-9-10-6-7-12-9/h4-8,10H,2-3H2,1H3,(H,16,17);1-7H,(H,10,11). The van der Waals surface area contributed by atoms with Gasteiger partial charge in [0, 0.05) is 45.9 Å². The zero-order valence-corrected chi connectivity index (χ0v) is 18.2. The molecule has 4 aromatic rings. The first kappa shape index (κ1) is 20.4. The summed E-state index contributed by atoms with van der Waals surface area (Å²) in [4.78, 5) is 21.1. The number of aromatic nitrogens is 2. The molecule has 2 N–H and O–H groups in total. The van der Waals surface area contributed by atoms with Crippen molar-refractivity contribution >= 4 is 50.8 Å². The smallest absolute Gasteiger partial charge is 0.227 e. The topological polar surface area (TPSA) is 66.9 Å². The molecule has 1 aliphatic carbocycles. The summed E-state index contributed by atoms with van der Waals surface area (Å²) in [5.74, 6) is 0.389. The number of amides is 1. The van der Waals surface area contributed by atoms with Gasteiger partial charge in [-0.25, -0.2) is 4.98 Å². The third-order valence-corrected chi connectivity index (χ3v) is 6.23. The number of hydrogen-bond donors (Lipinski definition) is 2. The van der Waals surface area contributed by atoms with Crippen LogP contribution in [0.3, 0.4) is 0 Å². The average molecular weight is 435 g/mol. The lowest BCUT2D eigenvalue weighted by Crippen LogP contribution is -2.13. The first-order chi connectivity index (χ1) is 14.7. The van der Waals surface area contributed by atoms with Gasteiger partial charge in [0.2, 0.25) is 5.91 Å². The molecule has 1 saturated carbocycles. The van der Waals surface area contributed by atoms with E-state index in [0.29, 0.717) is 0 Å². The molecule has 5 nitrogen and oxygen atoms in total. The molecule has 5 rings (SSSR count). The molecule has 0 saturated heterocycles. The fourth-order valence-corrected chi connectivity index (χ4v) is 4.08. The van der Waals surface area contributed by atoms with Crippen molar-refractivity contribution in [3.63, 3.8) is 0 Å². The maximum Gasteiger partial charge on any atom is 0.227 e. The molecular formula is C23H22N4OS2. The number of aryl methyl sites for hydroxylation is 1. The molecule has 30 heavy (non-hydrogen) atoms. The third-order valence-electron chi connectivity index (χ3n) is 4.61. The van der Waals surface area contributed by atoms with Crippen LogP contribution in [0, 0.1) is 12.8 Å². The van der Waals surface area contributed by atoms with E-state index in [1.807, 2.05) is 61.1 Å². The van der Waals surface area contributed by atoms with Crippen molar-refractivity contribution in [2.45, 2.75) is 24.7 Å². The van der Waals surface area contributed by atoms with Gasteiger partial charge in [0.05, 0.1) is 0 Å². The Bertz CT molecular complexity index is 1110.